The van der Waals surface area contributed by atoms with Crippen LogP contribution in [0, 0.1) is 0 Å². The Balaban J connectivity index is 1.18. The lowest BCUT2D eigenvalue weighted by molar-refractivity contribution is -0.137. The van der Waals surface area contributed by atoms with Crippen LogP contribution in [0.25, 0.3) is 10.8 Å². The molecule has 1 fully saturated rings. The summed E-state index contributed by atoms with van der Waals surface area (Å²) in [7, 11) is 1.67. The van der Waals surface area contributed by atoms with Gasteiger partial charge in [-0.2, -0.15) is 15.0 Å². The largest absolute Gasteiger partial charge is 0.496 e. The molecule has 31 heavy (non-hydrogen) atoms. The zero-order valence-electron chi connectivity index (χ0n) is 17.3. The van der Waals surface area contributed by atoms with Gasteiger partial charge in [-0.1, -0.05) is 35.5 Å². The third-order valence-corrected chi connectivity index (χ3v) is 5.72. The average Bonchev–Trinajstić information content (AvgIpc) is 3.43. The fraction of sp³-hybridized carbons (Fsp3) is 0.318. The Morgan fingerprint density at radius 3 is 2.74 bits per heavy atom. The van der Waals surface area contributed by atoms with Crippen molar-refractivity contribution in [3.63, 3.8) is 0 Å². The molecule has 0 atom stereocenters. The van der Waals surface area contributed by atoms with Crippen molar-refractivity contribution in [3.8, 4) is 5.75 Å². The molecule has 3 heterocycles. The van der Waals surface area contributed by atoms with Crippen LogP contribution in [0.2, 0.25) is 0 Å². The van der Waals surface area contributed by atoms with Crippen LogP contribution in [0.3, 0.4) is 0 Å². The molecule has 4 aromatic rings. The van der Waals surface area contributed by atoms with Crippen molar-refractivity contribution in [2.45, 2.75) is 25.4 Å². The molecule has 1 amide bonds. The Labute approximate surface area is 179 Å². The predicted octanol–water partition coefficient (Wildman–Crippen LogP) is 2.10. The Kier molecular flexibility index (Phi) is 5.07. The van der Waals surface area contributed by atoms with Crippen LogP contribution in [0.5, 0.6) is 5.75 Å². The second-order valence-electron chi connectivity index (χ2n) is 7.67. The van der Waals surface area contributed by atoms with Crippen molar-refractivity contribution in [2.75, 3.05) is 20.2 Å². The minimum Gasteiger partial charge on any atom is -0.496 e. The number of aryl methyl sites for hydroxylation is 1. The molecule has 0 radical (unpaired) electrons. The number of aromatic nitrogens is 6. The number of benzene rings is 2. The Bertz CT molecular complexity index is 1200. The molecule has 158 valence electrons. The highest BCUT2D eigenvalue weighted by Crippen LogP contribution is 2.30. The number of carbonyl (C=O) groups excluding carboxylic acids is 1. The summed E-state index contributed by atoms with van der Waals surface area (Å²) >= 11 is 0. The highest BCUT2D eigenvalue weighted by molar-refractivity contribution is 5.88. The van der Waals surface area contributed by atoms with E-state index in [1.165, 1.54) is 0 Å². The van der Waals surface area contributed by atoms with Gasteiger partial charge in [-0.3, -0.25) is 4.79 Å². The highest BCUT2D eigenvalue weighted by atomic mass is 16.5. The molecule has 1 aliphatic rings. The number of rotatable bonds is 7. The second-order valence-corrected chi connectivity index (χ2v) is 7.67. The van der Waals surface area contributed by atoms with E-state index in [0.29, 0.717) is 32.5 Å². The van der Waals surface area contributed by atoms with E-state index in [4.69, 9.17) is 4.74 Å². The van der Waals surface area contributed by atoms with Gasteiger partial charge in [0, 0.05) is 25.1 Å². The summed E-state index contributed by atoms with van der Waals surface area (Å²) in [6, 6.07) is 12.4. The number of carbonyl (C=O) groups is 1. The average molecular weight is 417 g/mol. The summed E-state index contributed by atoms with van der Waals surface area (Å²) in [4.78, 5) is 16.2. The van der Waals surface area contributed by atoms with E-state index in [1.54, 1.807) is 24.3 Å². The molecule has 9 heteroatoms. The first kappa shape index (κ1) is 19.2. The lowest BCUT2D eigenvalue weighted by atomic mass is 9.98. The highest BCUT2D eigenvalue weighted by Gasteiger charge is 2.32. The number of fused-ring (bicyclic) bond motifs is 1. The summed E-state index contributed by atoms with van der Waals surface area (Å²) in [5, 5.41) is 18.8. The number of ether oxygens (including phenoxy) is 1. The SMILES string of the molecule is COc1ccc2ccccc2c1CCC(=O)N1CC(n2cc(Cn3nccn3)nn2)C1. The Morgan fingerprint density at radius 1 is 1.13 bits per heavy atom. The van der Waals surface area contributed by atoms with Gasteiger partial charge in [0.25, 0.3) is 0 Å². The molecule has 0 spiro atoms. The summed E-state index contributed by atoms with van der Waals surface area (Å²) in [6.07, 6.45) is 6.26. The zero-order valence-corrected chi connectivity index (χ0v) is 17.3. The minimum atomic E-state index is 0.146. The molecule has 0 unspecified atom stereocenters. The van der Waals surface area contributed by atoms with Crippen LogP contribution in [-0.2, 0) is 17.8 Å². The first-order chi connectivity index (χ1) is 15.2. The van der Waals surface area contributed by atoms with Gasteiger partial charge < -0.3 is 9.64 Å². The molecule has 1 saturated heterocycles. The molecular formula is C22H23N7O2. The molecule has 1 aliphatic heterocycles. The fourth-order valence-corrected chi connectivity index (χ4v) is 4.02. The van der Waals surface area contributed by atoms with Crippen molar-refractivity contribution in [1.29, 1.82) is 0 Å². The lowest BCUT2D eigenvalue weighted by Gasteiger charge is -2.39. The summed E-state index contributed by atoms with van der Waals surface area (Å²) in [5.74, 6) is 0.974. The van der Waals surface area contributed by atoms with Gasteiger partial charge >= 0.3 is 0 Å². The number of hydrogen-bond acceptors (Lipinski definition) is 6. The van der Waals surface area contributed by atoms with Crippen molar-refractivity contribution < 1.29 is 9.53 Å². The summed E-state index contributed by atoms with van der Waals surface area (Å²) in [5.41, 5.74) is 1.88. The van der Waals surface area contributed by atoms with Gasteiger partial charge in [0.1, 0.15) is 18.0 Å². The van der Waals surface area contributed by atoms with E-state index in [1.807, 2.05) is 40.0 Å². The summed E-state index contributed by atoms with van der Waals surface area (Å²) < 4.78 is 7.38. The van der Waals surface area contributed by atoms with Crippen LogP contribution < -0.4 is 4.74 Å². The van der Waals surface area contributed by atoms with E-state index >= 15 is 0 Å². The minimum absolute atomic E-state index is 0.146. The van der Waals surface area contributed by atoms with Crippen LogP contribution in [0.4, 0.5) is 0 Å². The van der Waals surface area contributed by atoms with Crippen LogP contribution in [0.1, 0.15) is 23.7 Å². The van der Waals surface area contributed by atoms with E-state index in [9.17, 15) is 4.79 Å². The molecule has 0 saturated carbocycles. The Morgan fingerprint density at radius 2 is 1.94 bits per heavy atom. The van der Waals surface area contributed by atoms with Gasteiger partial charge in [-0.15, -0.1) is 5.10 Å². The number of likely N-dealkylation sites (tertiary alicyclic amines) is 1. The molecule has 0 N–H and O–H groups in total. The van der Waals surface area contributed by atoms with E-state index < -0.39 is 0 Å². The van der Waals surface area contributed by atoms with Crippen molar-refractivity contribution in [2.24, 2.45) is 0 Å². The number of hydrogen-bond donors (Lipinski definition) is 0. The van der Waals surface area contributed by atoms with E-state index in [-0.39, 0.29) is 11.9 Å². The fourth-order valence-electron chi connectivity index (χ4n) is 4.02. The molecular weight excluding hydrogens is 394 g/mol. The molecule has 5 rings (SSSR count). The maximum atomic E-state index is 12.7. The standard InChI is InChI=1S/C22H23N7O2/c1-31-21-8-6-16-4-2-3-5-19(16)20(21)7-9-22(30)27-14-18(15-27)28-12-17(25-26-28)13-29-23-10-11-24-29/h2-6,8,10-12,18H,7,9,13-15H2,1H3. The zero-order chi connectivity index (χ0) is 21.2. The van der Waals surface area contributed by atoms with Gasteiger partial charge in [0.2, 0.25) is 5.91 Å². The topological polar surface area (TPSA) is 91.0 Å². The molecule has 0 aliphatic carbocycles. The van der Waals surface area contributed by atoms with E-state index in [2.05, 4.69) is 32.6 Å². The molecule has 9 nitrogen and oxygen atoms in total. The predicted molar refractivity (Wildman–Crippen MR) is 114 cm³/mol. The van der Waals surface area contributed by atoms with Crippen LogP contribution >= 0.6 is 0 Å². The lowest BCUT2D eigenvalue weighted by Crippen LogP contribution is -2.51. The van der Waals surface area contributed by atoms with Gasteiger partial charge in [0.15, 0.2) is 0 Å². The van der Waals surface area contributed by atoms with Gasteiger partial charge in [-0.25, -0.2) is 4.68 Å². The van der Waals surface area contributed by atoms with E-state index in [0.717, 1.165) is 27.8 Å². The Hall–Kier alpha value is -3.75. The first-order valence-electron chi connectivity index (χ1n) is 10.3. The van der Waals surface area contributed by atoms with Gasteiger partial charge in [0.05, 0.1) is 31.7 Å². The maximum absolute atomic E-state index is 12.7. The molecule has 0 bridgehead atoms. The normalized spacial score (nSPS) is 14.0. The smallest absolute Gasteiger partial charge is 0.223 e. The second kappa shape index (κ2) is 8.17. The third-order valence-electron chi connectivity index (χ3n) is 5.72. The van der Waals surface area contributed by atoms with Crippen LogP contribution in [0.15, 0.2) is 55.0 Å². The van der Waals surface area contributed by atoms with Crippen molar-refractivity contribution in [1.82, 2.24) is 34.9 Å². The first-order valence-corrected chi connectivity index (χ1v) is 10.3. The number of methoxy groups -OCH3 is 1. The molecule has 2 aromatic carbocycles. The third kappa shape index (κ3) is 3.86. The van der Waals surface area contributed by atoms with Crippen molar-refractivity contribution >= 4 is 16.7 Å². The number of amides is 1. The quantitative estimate of drug-likeness (QED) is 0.457. The van der Waals surface area contributed by atoms with Crippen molar-refractivity contribution in [3.05, 3.63) is 66.2 Å². The number of nitrogens with zero attached hydrogens (tertiary/aromatic N) is 7. The van der Waals surface area contributed by atoms with Crippen LogP contribution in [-0.4, -0.2) is 61.0 Å². The monoisotopic (exact) mass is 417 g/mol. The molecule has 2 aromatic heterocycles. The van der Waals surface area contributed by atoms with Gasteiger partial charge in [-0.05, 0) is 23.3 Å². The summed E-state index contributed by atoms with van der Waals surface area (Å²) in [6.45, 7) is 1.78. The maximum Gasteiger partial charge on any atom is 0.223 e.